The maximum atomic E-state index is 12.3. The molecule has 2 rings (SSSR count). The van der Waals surface area contributed by atoms with Crippen molar-refractivity contribution in [3.63, 3.8) is 0 Å². The number of rotatable bonds is 7. The molecule has 1 amide bonds. The van der Waals surface area contributed by atoms with Crippen molar-refractivity contribution < 1.29 is 4.79 Å². The number of imidazole rings is 1. The van der Waals surface area contributed by atoms with Crippen LogP contribution < -0.4 is 16.6 Å². The Morgan fingerprint density at radius 2 is 1.96 bits per heavy atom. The summed E-state index contributed by atoms with van der Waals surface area (Å²) >= 11 is 0. The molecular weight excluding hydrogens is 298 g/mol. The number of aromatic nitrogens is 4. The smallest absolute Gasteiger partial charge is 0.332 e. The number of hydrogen-bond donors (Lipinski definition) is 1. The molecule has 0 saturated carbocycles. The van der Waals surface area contributed by atoms with Gasteiger partial charge < -0.3 is 9.88 Å². The van der Waals surface area contributed by atoms with Gasteiger partial charge in [0.15, 0.2) is 11.2 Å². The third-order valence-electron chi connectivity index (χ3n) is 3.87. The van der Waals surface area contributed by atoms with Crippen molar-refractivity contribution in [1.82, 2.24) is 24.0 Å². The van der Waals surface area contributed by atoms with E-state index in [2.05, 4.69) is 17.2 Å². The van der Waals surface area contributed by atoms with Gasteiger partial charge in [-0.3, -0.25) is 18.7 Å². The van der Waals surface area contributed by atoms with Gasteiger partial charge >= 0.3 is 5.69 Å². The highest BCUT2D eigenvalue weighted by atomic mass is 16.2. The molecule has 0 aliphatic rings. The van der Waals surface area contributed by atoms with Crippen molar-refractivity contribution >= 4 is 17.1 Å². The second-order valence-corrected chi connectivity index (χ2v) is 5.62. The van der Waals surface area contributed by atoms with E-state index < -0.39 is 5.69 Å². The summed E-state index contributed by atoms with van der Waals surface area (Å²) in [6, 6.07) is 0. The summed E-state index contributed by atoms with van der Waals surface area (Å²) < 4.78 is 4.12. The Labute approximate surface area is 133 Å². The molecule has 0 aliphatic carbocycles. The molecule has 0 aliphatic heterocycles. The van der Waals surface area contributed by atoms with Crippen molar-refractivity contribution in [3.8, 4) is 0 Å². The molecule has 0 bridgehead atoms. The van der Waals surface area contributed by atoms with E-state index in [9.17, 15) is 14.4 Å². The summed E-state index contributed by atoms with van der Waals surface area (Å²) in [6.07, 6.45) is 4.57. The molecule has 2 aromatic heterocycles. The number of aryl methyl sites for hydroxylation is 2. The van der Waals surface area contributed by atoms with E-state index in [1.807, 2.05) is 0 Å². The van der Waals surface area contributed by atoms with Crippen LogP contribution >= 0.6 is 0 Å². The van der Waals surface area contributed by atoms with Gasteiger partial charge in [-0.25, -0.2) is 9.78 Å². The van der Waals surface area contributed by atoms with Crippen LogP contribution in [0.1, 0.15) is 32.6 Å². The van der Waals surface area contributed by atoms with Gasteiger partial charge in [0.05, 0.1) is 6.33 Å². The lowest BCUT2D eigenvalue weighted by Crippen LogP contribution is -2.37. The van der Waals surface area contributed by atoms with Crippen molar-refractivity contribution in [3.05, 3.63) is 27.2 Å². The molecule has 126 valence electrons. The minimum absolute atomic E-state index is 0.0168. The second-order valence-electron chi connectivity index (χ2n) is 5.62. The van der Waals surface area contributed by atoms with E-state index in [-0.39, 0.29) is 11.5 Å². The third kappa shape index (κ3) is 3.52. The first-order valence-corrected chi connectivity index (χ1v) is 7.85. The second kappa shape index (κ2) is 7.26. The Hall–Kier alpha value is -2.38. The summed E-state index contributed by atoms with van der Waals surface area (Å²) in [7, 11) is 3.03. The highest BCUT2D eigenvalue weighted by Crippen LogP contribution is 2.07. The fourth-order valence-corrected chi connectivity index (χ4v) is 2.47. The number of nitrogens with one attached hydrogen (secondary N) is 1. The molecule has 0 atom stereocenters. The van der Waals surface area contributed by atoms with Gasteiger partial charge in [0, 0.05) is 33.6 Å². The van der Waals surface area contributed by atoms with Crippen molar-refractivity contribution in [1.29, 1.82) is 0 Å². The molecule has 8 nitrogen and oxygen atoms in total. The van der Waals surface area contributed by atoms with Crippen LogP contribution in [-0.4, -0.2) is 31.1 Å². The Bertz CT molecular complexity index is 815. The molecule has 0 aromatic carbocycles. The lowest BCUT2D eigenvalue weighted by molar-refractivity contribution is -0.121. The highest BCUT2D eigenvalue weighted by molar-refractivity contribution is 5.75. The minimum atomic E-state index is -0.400. The number of carbonyl (C=O) groups is 1. The molecule has 0 spiro atoms. The zero-order chi connectivity index (χ0) is 17.0. The molecule has 1 N–H and O–H groups in total. The van der Waals surface area contributed by atoms with E-state index in [0.29, 0.717) is 37.1 Å². The average Bonchev–Trinajstić information content (AvgIpc) is 2.95. The van der Waals surface area contributed by atoms with Crippen LogP contribution in [0.15, 0.2) is 15.9 Å². The van der Waals surface area contributed by atoms with Crippen LogP contribution in [0.2, 0.25) is 0 Å². The molecule has 8 heteroatoms. The molecule has 0 unspecified atom stereocenters. The topological polar surface area (TPSA) is 90.9 Å². The molecule has 2 aromatic rings. The minimum Gasteiger partial charge on any atom is -0.356 e. The standard InChI is InChI=1S/C15H23N5O3/c1-4-5-8-16-11(21)7-6-9-20-10-17-13-12(20)14(22)19(3)15(23)18(13)2/h10H,4-9H2,1-3H3,(H,16,21). The highest BCUT2D eigenvalue weighted by Gasteiger charge is 2.14. The predicted molar refractivity (Wildman–Crippen MR) is 87.4 cm³/mol. The summed E-state index contributed by atoms with van der Waals surface area (Å²) in [5.41, 5.74) is -0.0115. The van der Waals surface area contributed by atoms with E-state index in [4.69, 9.17) is 0 Å². The lowest BCUT2D eigenvalue weighted by Gasteiger charge is -2.07. The molecule has 23 heavy (non-hydrogen) atoms. The predicted octanol–water partition coefficient (Wildman–Crippen LogP) is 0.130. The average molecular weight is 321 g/mol. The fourth-order valence-electron chi connectivity index (χ4n) is 2.47. The Kier molecular flexibility index (Phi) is 5.36. The molecular formula is C15H23N5O3. The number of hydrogen-bond acceptors (Lipinski definition) is 4. The molecule has 0 saturated heterocycles. The third-order valence-corrected chi connectivity index (χ3v) is 3.87. The van der Waals surface area contributed by atoms with Gasteiger partial charge in [0.1, 0.15) is 0 Å². The van der Waals surface area contributed by atoms with Crippen LogP contribution in [-0.2, 0) is 25.4 Å². The zero-order valence-corrected chi connectivity index (χ0v) is 13.8. The first kappa shape index (κ1) is 17.0. The van der Waals surface area contributed by atoms with Crippen molar-refractivity contribution in [2.45, 2.75) is 39.2 Å². The molecule has 0 radical (unpaired) electrons. The summed E-state index contributed by atoms with van der Waals surface area (Å²) in [5, 5.41) is 2.86. The van der Waals surface area contributed by atoms with Gasteiger partial charge in [0.2, 0.25) is 5.91 Å². The van der Waals surface area contributed by atoms with E-state index in [1.165, 1.54) is 11.6 Å². The lowest BCUT2D eigenvalue weighted by atomic mass is 10.2. The van der Waals surface area contributed by atoms with Gasteiger partial charge in [0.25, 0.3) is 5.56 Å². The molecule has 2 heterocycles. The number of nitrogens with zero attached hydrogens (tertiary/aromatic N) is 4. The van der Waals surface area contributed by atoms with Crippen LogP contribution in [0, 0.1) is 0 Å². The number of amides is 1. The number of fused-ring (bicyclic) bond motifs is 1. The maximum absolute atomic E-state index is 12.3. The van der Waals surface area contributed by atoms with Crippen molar-refractivity contribution in [2.24, 2.45) is 14.1 Å². The fraction of sp³-hybridized carbons (Fsp3) is 0.600. The quantitative estimate of drug-likeness (QED) is 0.734. The number of unbranched alkanes of at least 4 members (excludes halogenated alkanes) is 1. The Balaban J connectivity index is 2.09. The van der Waals surface area contributed by atoms with Crippen molar-refractivity contribution in [2.75, 3.05) is 6.54 Å². The van der Waals surface area contributed by atoms with Crippen LogP contribution in [0.25, 0.3) is 11.2 Å². The van der Waals surface area contributed by atoms with E-state index in [1.54, 1.807) is 17.9 Å². The number of carbonyl (C=O) groups excluding carboxylic acids is 1. The monoisotopic (exact) mass is 321 g/mol. The van der Waals surface area contributed by atoms with E-state index >= 15 is 0 Å². The van der Waals surface area contributed by atoms with Gasteiger partial charge in [-0.1, -0.05) is 13.3 Å². The van der Waals surface area contributed by atoms with Gasteiger partial charge in [-0.2, -0.15) is 0 Å². The maximum Gasteiger partial charge on any atom is 0.332 e. The van der Waals surface area contributed by atoms with Gasteiger partial charge in [-0.15, -0.1) is 0 Å². The summed E-state index contributed by atoms with van der Waals surface area (Å²) in [4.78, 5) is 40.0. The zero-order valence-electron chi connectivity index (χ0n) is 13.8. The van der Waals surface area contributed by atoms with E-state index in [0.717, 1.165) is 17.4 Å². The summed E-state index contributed by atoms with van der Waals surface area (Å²) in [5.74, 6) is 0.0168. The Morgan fingerprint density at radius 1 is 1.22 bits per heavy atom. The van der Waals surface area contributed by atoms with Crippen LogP contribution in [0.3, 0.4) is 0 Å². The SMILES string of the molecule is CCCCNC(=O)CCCn1cnc2c1c(=O)n(C)c(=O)n2C. The Morgan fingerprint density at radius 3 is 2.65 bits per heavy atom. The first-order chi connectivity index (χ1) is 11.0. The van der Waals surface area contributed by atoms with Crippen LogP contribution in [0.5, 0.6) is 0 Å². The summed E-state index contributed by atoms with van der Waals surface area (Å²) in [6.45, 7) is 3.28. The molecule has 0 fully saturated rings. The normalized spacial score (nSPS) is 11.1. The first-order valence-electron chi connectivity index (χ1n) is 7.85. The van der Waals surface area contributed by atoms with Gasteiger partial charge in [-0.05, 0) is 12.8 Å². The van der Waals surface area contributed by atoms with Crippen LogP contribution in [0.4, 0.5) is 0 Å². The largest absolute Gasteiger partial charge is 0.356 e.